The minimum atomic E-state index is 0.821. The maximum absolute atomic E-state index is 5.37. The van der Waals surface area contributed by atoms with Gasteiger partial charge in [-0.05, 0) is 13.0 Å². The van der Waals surface area contributed by atoms with Gasteiger partial charge in [0.25, 0.3) is 0 Å². The molecule has 1 aliphatic heterocycles. The van der Waals surface area contributed by atoms with E-state index in [0.29, 0.717) is 0 Å². The van der Waals surface area contributed by atoms with E-state index in [2.05, 4.69) is 5.32 Å². The third kappa shape index (κ3) is 2.56. The standard InChI is InChI=1S/C6H14N2S/c7-2-4-9-6-1-3-8-5-6/h6,8H,1-5,7H2. The third-order valence-electron chi connectivity index (χ3n) is 1.49. The largest absolute Gasteiger partial charge is 0.330 e. The highest BCUT2D eigenvalue weighted by molar-refractivity contribution is 7.99. The molecule has 0 aliphatic carbocycles. The quantitative estimate of drug-likeness (QED) is 0.590. The molecule has 1 atom stereocenters. The first-order valence-corrected chi connectivity index (χ1v) is 4.50. The summed E-state index contributed by atoms with van der Waals surface area (Å²) in [7, 11) is 0. The Labute approximate surface area is 60.6 Å². The van der Waals surface area contributed by atoms with Gasteiger partial charge < -0.3 is 11.1 Å². The average molecular weight is 146 g/mol. The average Bonchev–Trinajstić information content (AvgIpc) is 2.34. The van der Waals surface area contributed by atoms with Crippen molar-refractivity contribution in [2.75, 3.05) is 25.4 Å². The number of thioether (sulfide) groups is 1. The van der Waals surface area contributed by atoms with Crippen LogP contribution in [0.3, 0.4) is 0 Å². The minimum Gasteiger partial charge on any atom is -0.330 e. The molecule has 1 unspecified atom stereocenters. The molecule has 1 heterocycles. The Morgan fingerprint density at radius 3 is 3.11 bits per heavy atom. The van der Waals surface area contributed by atoms with Crippen LogP contribution in [0.25, 0.3) is 0 Å². The maximum atomic E-state index is 5.37. The summed E-state index contributed by atoms with van der Waals surface area (Å²) in [5.74, 6) is 1.12. The van der Waals surface area contributed by atoms with Crippen molar-refractivity contribution in [1.29, 1.82) is 0 Å². The molecule has 0 aromatic carbocycles. The van der Waals surface area contributed by atoms with E-state index in [1.807, 2.05) is 11.8 Å². The fourth-order valence-corrected chi connectivity index (χ4v) is 1.99. The molecule has 0 aromatic rings. The highest BCUT2D eigenvalue weighted by Gasteiger charge is 2.13. The van der Waals surface area contributed by atoms with Crippen molar-refractivity contribution in [3.05, 3.63) is 0 Å². The molecule has 3 N–H and O–H groups in total. The molecule has 3 heteroatoms. The van der Waals surface area contributed by atoms with Crippen LogP contribution < -0.4 is 11.1 Å². The molecule has 9 heavy (non-hydrogen) atoms. The fourth-order valence-electron chi connectivity index (χ4n) is 1.01. The van der Waals surface area contributed by atoms with Crippen LogP contribution in [0.4, 0.5) is 0 Å². The van der Waals surface area contributed by atoms with Gasteiger partial charge in [0.05, 0.1) is 0 Å². The lowest BCUT2D eigenvalue weighted by Crippen LogP contribution is -2.12. The van der Waals surface area contributed by atoms with E-state index in [4.69, 9.17) is 5.73 Å². The Morgan fingerprint density at radius 2 is 2.56 bits per heavy atom. The summed E-state index contributed by atoms with van der Waals surface area (Å²) in [6.07, 6.45) is 1.32. The molecular weight excluding hydrogens is 132 g/mol. The molecule has 1 rings (SSSR count). The highest BCUT2D eigenvalue weighted by atomic mass is 32.2. The van der Waals surface area contributed by atoms with Crippen LogP contribution in [0, 0.1) is 0 Å². The summed E-state index contributed by atoms with van der Waals surface area (Å²) < 4.78 is 0. The molecule has 0 amide bonds. The van der Waals surface area contributed by atoms with E-state index in [1.165, 1.54) is 19.5 Å². The smallest absolute Gasteiger partial charge is 0.0185 e. The maximum Gasteiger partial charge on any atom is 0.0185 e. The highest BCUT2D eigenvalue weighted by Crippen LogP contribution is 2.15. The molecule has 2 nitrogen and oxygen atoms in total. The normalized spacial score (nSPS) is 27.0. The van der Waals surface area contributed by atoms with Crippen LogP contribution in [0.15, 0.2) is 0 Å². The lowest BCUT2D eigenvalue weighted by atomic mass is 10.4. The second-order valence-corrected chi connectivity index (χ2v) is 3.68. The summed E-state index contributed by atoms with van der Waals surface area (Å²) in [4.78, 5) is 0. The molecule has 0 saturated carbocycles. The van der Waals surface area contributed by atoms with Gasteiger partial charge in [0.2, 0.25) is 0 Å². The Balaban J connectivity index is 1.98. The Kier molecular flexibility index (Phi) is 3.40. The molecular formula is C6H14N2S. The number of hydrogen-bond acceptors (Lipinski definition) is 3. The van der Waals surface area contributed by atoms with Crippen LogP contribution in [0.1, 0.15) is 6.42 Å². The molecule has 54 valence electrons. The van der Waals surface area contributed by atoms with Gasteiger partial charge >= 0.3 is 0 Å². The van der Waals surface area contributed by atoms with Crippen LogP contribution in [-0.4, -0.2) is 30.6 Å². The number of nitrogens with one attached hydrogen (secondary N) is 1. The first-order chi connectivity index (χ1) is 4.43. The first-order valence-electron chi connectivity index (χ1n) is 3.46. The van der Waals surface area contributed by atoms with Crippen LogP contribution in [0.2, 0.25) is 0 Å². The molecule has 0 bridgehead atoms. The van der Waals surface area contributed by atoms with Crippen molar-refractivity contribution in [2.24, 2.45) is 5.73 Å². The summed E-state index contributed by atoms with van der Waals surface area (Å²) in [6.45, 7) is 3.20. The van der Waals surface area contributed by atoms with E-state index in [0.717, 1.165) is 17.5 Å². The van der Waals surface area contributed by atoms with Crippen molar-refractivity contribution < 1.29 is 0 Å². The number of hydrogen-bond donors (Lipinski definition) is 2. The summed E-state index contributed by atoms with van der Waals surface area (Å²) >= 11 is 2.00. The van der Waals surface area contributed by atoms with Gasteiger partial charge in [0.15, 0.2) is 0 Å². The summed E-state index contributed by atoms with van der Waals surface area (Å²) in [5, 5.41) is 4.16. The van der Waals surface area contributed by atoms with Gasteiger partial charge in [0.1, 0.15) is 0 Å². The Morgan fingerprint density at radius 1 is 1.67 bits per heavy atom. The second kappa shape index (κ2) is 4.14. The van der Waals surface area contributed by atoms with E-state index in [-0.39, 0.29) is 0 Å². The number of rotatable bonds is 3. The van der Waals surface area contributed by atoms with E-state index >= 15 is 0 Å². The van der Waals surface area contributed by atoms with Crippen LogP contribution >= 0.6 is 11.8 Å². The van der Waals surface area contributed by atoms with E-state index in [9.17, 15) is 0 Å². The second-order valence-electron chi connectivity index (χ2n) is 2.27. The Hall–Kier alpha value is 0.270. The monoisotopic (exact) mass is 146 g/mol. The predicted molar refractivity (Wildman–Crippen MR) is 42.8 cm³/mol. The van der Waals surface area contributed by atoms with Crippen molar-refractivity contribution in [3.8, 4) is 0 Å². The SMILES string of the molecule is NCCSC1CCNC1. The minimum absolute atomic E-state index is 0.821. The van der Waals surface area contributed by atoms with Crippen molar-refractivity contribution in [1.82, 2.24) is 5.32 Å². The van der Waals surface area contributed by atoms with Crippen LogP contribution in [0.5, 0.6) is 0 Å². The number of nitrogens with two attached hydrogens (primary N) is 1. The van der Waals surface area contributed by atoms with E-state index in [1.54, 1.807) is 0 Å². The van der Waals surface area contributed by atoms with Gasteiger partial charge in [-0.15, -0.1) is 0 Å². The lowest BCUT2D eigenvalue weighted by molar-refractivity contribution is 0.858. The molecule has 0 aromatic heterocycles. The zero-order valence-electron chi connectivity index (χ0n) is 5.60. The van der Waals surface area contributed by atoms with E-state index < -0.39 is 0 Å². The fraction of sp³-hybridized carbons (Fsp3) is 1.00. The van der Waals surface area contributed by atoms with Gasteiger partial charge in [-0.1, -0.05) is 0 Å². The van der Waals surface area contributed by atoms with Crippen molar-refractivity contribution >= 4 is 11.8 Å². The predicted octanol–water partition coefficient (Wildman–Crippen LogP) is 0.0402. The van der Waals surface area contributed by atoms with Gasteiger partial charge in [0, 0.05) is 24.1 Å². The molecule has 0 radical (unpaired) electrons. The molecule has 1 fully saturated rings. The van der Waals surface area contributed by atoms with Crippen molar-refractivity contribution in [2.45, 2.75) is 11.7 Å². The molecule has 1 aliphatic rings. The van der Waals surface area contributed by atoms with Gasteiger partial charge in [-0.3, -0.25) is 0 Å². The summed E-state index contributed by atoms with van der Waals surface area (Å²) in [5.41, 5.74) is 5.37. The summed E-state index contributed by atoms with van der Waals surface area (Å²) in [6, 6.07) is 0. The zero-order chi connectivity index (χ0) is 6.53. The lowest BCUT2D eigenvalue weighted by Gasteiger charge is -2.04. The van der Waals surface area contributed by atoms with Gasteiger partial charge in [-0.25, -0.2) is 0 Å². The third-order valence-corrected chi connectivity index (χ3v) is 2.83. The topological polar surface area (TPSA) is 38.0 Å². The zero-order valence-corrected chi connectivity index (χ0v) is 6.41. The van der Waals surface area contributed by atoms with Crippen molar-refractivity contribution in [3.63, 3.8) is 0 Å². The Bertz CT molecular complexity index is 71.5. The van der Waals surface area contributed by atoms with Crippen LogP contribution in [-0.2, 0) is 0 Å². The molecule has 0 spiro atoms. The first kappa shape index (κ1) is 7.38. The molecule has 1 saturated heterocycles. The van der Waals surface area contributed by atoms with Gasteiger partial charge in [-0.2, -0.15) is 11.8 Å².